The molecule has 5 rings (SSSR count). The van der Waals surface area contributed by atoms with E-state index in [4.69, 9.17) is 0 Å². The number of nitrogens with zero attached hydrogens (tertiary/aromatic N) is 4. The topological polar surface area (TPSA) is 117 Å². The number of anilines is 3. The van der Waals surface area contributed by atoms with Gasteiger partial charge in [-0.25, -0.2) is 4.98 Å². The average Bonchev–Trinajstić information content (AvgIpc) is 3.36. The van der Waals surface area contributed by atoms with E-state index >= 15 is 0 Å². The molecule has 1 amide bonds. The Balaban J connectivity index is 1.31. The van der Waals surface area contributed by atoms with E-state index in [-0.39, 0.29) is 24.6 Å². The van der Waals surface area contributed by atoms with Crippen molar-refractivity contribution in [3.63, 3.8) is 0 Å². The van der Waals surface area contributed by atoms with Gasteiger partial charge in [0.2, 0.25) is 5.95 Å². The maximum atomic E-state index is 12.8. The molecule has 2 aromatic carbocycles. The van der Waals surface area contributed by atoms with E-state index in [2.05, 4.69) is 30.9 Å². The van der Waals surface area contributed by atoms with Crippen LogP contribution in [0.5, 0.6) is 0 Å². The fourth-order valence-electron chi connectivity index (χ4n) is 4.70. The van der Waals surface area contributed by atoms with Crippen LogP contribution in [0, 0.1) is 0 Å². The SMILES string of the molecule is CCn1cnc2c(Nc3cccc(C(=O)NCc4ccc(C(F)(F)F)cc4)c3)nc(N[C@H]3CC[C@H](O)CC3)nc21. The standard InChI is InChI=1S/C28H30F3N7O2/c1-2-38-16-33-23-24(36-27(37-25(23)38)35-20-10-12-22(39)13-11-20)34-21-5-3-4-18(14-21)26(40)32-15-17-6-8-19(9-7-17)28(29,30)31/h3-9,14,16,20,22,39H,2,10-13,15H2,1H3,(H,32,40)(H2,34,35,36,37)/t20-,22-. The van der Waals surface area contributed by atoms with Gasteiger partial charge in [0.1, 0.15) is 0 Å². The van der Waals surface area contributed by atoms with Crippen LogP contribution >= 0.6 is 0 Å². The van der Waals surface area contributed by atoms with Crippen molar-refractivity contribution in [3.8, 4) is 0 Å². The van der Waals surface area contributed by atoms with Crippen LogP contribution in [0.2, 0.25) is 0 Å². The number of fused-ring (bicyclic) bond motifs is 1. The lowest BCUT2D eigenvalue weighted by molar-refractivity contribution is -0.137. The summed E-state index contributed by atoms with van der Waals surface area (Å²) in [5, 5.41) is 19.2. The molecule has 1 saturated carbocycles. The summed E-state index contributed by atoms with van der Waals surface area (Å²) in [5.74, 6) is 0.573. The minimum absolute atomic E-state index is 0.0861. The summed E-state index contributed by atoms with van der Waals surface area (Å²) in [4.78, 5) is 26.7. The predicted octanol–water partition coefficient (Wildman–Crippen LogP) is 5.25. The van der Waals surface area contributed by atoms with Crippen LogP contribution in [0.25, 0.3) is 11.2 Å². The van der Waals surface area contributed by atoms with E-state index in [1.165, 1.54) is 12.1 Å². The minimum Gasteiger partial charge on any atom is -0.393 e. The fourth-order valence-corrected chi connectivity index (χ4v) is 4.70. The molecule has 2 aromatic heterocycles. The number of benzene rings is 2. The first-order valence-corrected chi connectivity index (χ1v) is 13.2. The molecule has 0 saturated heterocycles. The Hall–Kier alpha value is -4.19. The van der Waals surface area contributed by atoms with Crippen LogP contribution in [0.3, 0.4) is 0 Å². The molecule has 0 spiro atoms. The Labute approximate surface area is 228 Å². The molecule has 9 nitrogen and oxygen atoms in total. The summed E-state index contributed by atoms with van der Waals surface area (Å²) in [7, 11) is 0. The molecule has 12 heteroatoms. The monoisotopic (exact) mass is 553 g/mol. The number of hydrogen-bond acceptors (Lipinski definition) is 7. The van der Waals surface area contributed by atoms with Crippen molar-refractivity contribution in [1.82, 2.24) is 24.8 Å². The highest BCUT2D eigenvalue weighted by molar-refractivity contribution is 5.95. The summed E-state index contributed by atoms with van der Waals surface area (Å²) in [6.45, 7) is 2.76. The van der Waals surface area contributed by atoms with Crippen molar-refractivity contribution in [2.24, 2.45) is 0 Å². The Morgan fingerprint density at radius 3 is 2.52 bits per heavy atom. The number of amides is 1. The first kappa shape index (κ1) is 27.4. The third-order valence-corrected chi connectivity index (χ3v) is 6.96. The summed E-state index contributed by atoms with van der Waals surface area (Å²) in [6, 6.07) is 11.7. The Kier molecular flexibility index (Phi) is 7.88. The molecule has 1 aliphatic carbocycles. The number of hydrogen-bond donors (Lipinski definition) is 4. The second-order valence-electron chi connectivity index (χ2n) is 9.83. The van der Waals surface area contributed by atoms with Gasteiger partial charge < -0.3 is 25.6 Å². The molecular formula is C28H30F3N7O2. The van der Waals surface area contributed by atoms with Crippen molar-refractivity contribution >= 4 is 34.5 Å². The van der Waals surface area contributed by atoms with E-state index in [1.807, 2.05) is 11.5 Å². The molecule has 4 N–H and O–H groups in total. The van der Waals surface area contributed by atoms with Crippen LogP contribution in [0.1, 0.15) is 54.1 Å². The van der Waals surface area contributed by atoms with E-state index in [0.29, 0.717) is 46.3 Å². The van der Waals surface area contributed by atoms with E-state index in [9.17, 15) is 23.1 Å². The summed E-state index contributed by atoms with van der Waals surface area (Å²) in [6.07, 6.45) is 0.132. The average molecular weight is 554 g/mol. The number of halogens is 3. The smallest absolute Gasteiger partial charge is 0.393 e. The number of imidazole rings is 1. The van der Waals surface area contributed by atoms with E-state index < -0.39 is 11.7 Å². The quantitative estimate of drug-likeness (QED) is 0.235. The first-order chi connectivity index (χ1) is 19.2. The third-order valence-electron chi connectivity index (χ3n) is 6.96. The molecule has 2 heterocycles. The maximum absolute atomic E-state index is 12.8. The lowest BCUT2D eigenvalue weighted by Gasteiger charge is -2.26. The maximum Gasteiger partial charge on any atom is 0.416 e. The number of carbonyl (C=O) groups is 1. The zero-order valence-corrected chi connectivity index (χ0v) is 21.9. The van der Waals surface area contributed by atoms with Gasteiger partial charge in [-0.2, -0.15) is 23.1 Å². The highest BCUT2D eigenvalue weighted by atomic mass is 19.4. The van der Waals surface area contributed by atoms with Crippen molar-refractivity contribution in [2.75, 3.05) is 10.6 Å². The normalized spacial score (nSPS) is 17.5. The lowest BCUT2D eigenvalue weighted by Crippen LogP contribution is -2.29. The number of aryl methyl sites for hydroxylation is 1. The van der Waals surface area contributed by atoms with E-state index in [1.54, 1.807) is 30.6 Å². The Bertz CT molecular complexity index is 1480. The van der Waals surface area contributed by atoms with Crippen molar-refractivity contribution in [1.29, 1.82) is 0 Å². The van der Waals surface area contributed by atoms with Crippen LogP contribution in [-0.2, 0) is 19.3 Å². The van der Waals surface area contributed by atoms with Crippen LogP contribution in [-0.4, -0.2) is 42.7 Å². The minimum atomic E-state index is -4.41. The zero-order valence-electron chi connectivity index (χ0n) is 21.9. The Morgan fingerprint density at radius 2 is 1.82 bits per heavy atom. The molecule has 0 bridgehead atoms. The molecule has 1 aliphatic rings. The number of alkyl halides is 3. The second kappa shape index (κ2) is 11.5. The van der Waals surface area contributed by atoms with Gasteiger partial charge in [0.25, 0.3) is 5.91 Å². The van der Waals surface area contributed by atoms with Crippen LogP contribution in [0.15, 0.2) is 54.9 Å². The first-order valence-electron chi connectivity index (χ1n) is 13.2. The predicted molar refractivity (Wildman–Crippen MR) is 145 cm³/mol. The van der Waals surface area contributed by atoms with Crippen molar-refractivity contribution in [2.45, 2.75) is 64.0 Å². The summed E-state index contributed by atoms with van der Waals surface area (Å²) < 4.78 is 40.3. The number of aliphatic hydroxyl groups excluding tert-OH is 1. The van der Waals surface area contributed by atoms with Gasteiger partial charge in [-0.15, -0.1) is 0 Å². The number of aliphatic hydroxyl groups is 1. The highest BCUT2D eigenvalue weighted by Crippen LogP contribution is 2.29. The van der Waals surface area contributed by atoms with Gasteiger partial charge in [0.15, 0.2) is 17.0 Å². The summed E-state index contributed by atoms with van der Waals surface area (Å²) >= 11 is 0. The second-order valence-corrected chi connectivity index (χ2v) is 9.83. The molecule has 210 valence electrons. The molecule has 4 aromatic rings. The molecule has 0 aliphatic heterocycles. The molecule has 0 atom stereocenters. The van der Waals surface area contributed by atoms with E-state index in [0.717, 1.165) is 37.8 Å². The van der Waals surface area contributed by atoms with Gasteiger partial charge in [-0.3, -0.25) is 4.79 Å². The number of aromatic nitrogens is 4. The van der Waals surface area contributed by atoms with Gasteiger partial charge in [0, 0.05) is 30.4 Å². The largest absolute Gasteiger partial charge is 0.416 e. The summed E-state index contributed by atoms with van der Waals surface area (Å²) in [5.41, 5.74) is 2.06. The van der Waals surface area contributed by atoms with Crippen molar-refractivity contribution < 1.29 is 23.1 Å². The van der Waals surface area contributed by atoms with Gasteiger partial charge >= 0.3 is 6.18 Å². The Morgan fingerprint density at radius 1 is 1.07 bits per heavy atom. The number of rotatable bonds is 8. The van der Waals surface area contributed by atoms with Gasteiger partial charge in [0.05, 0.1) is 18.0 Å². The number of carbonyl (C=O) groups excluding carboxylic acids is 1. The zero-order chi connectivity index (χ0) is 28.3. The molecule has 0 unspecified atom stereocenters. The molecular weight excluding hydrogens is 523 g/mol. The molecule has 40 heavy (non-hydrogen) atoms. The van der Waals surface area contributed by atoms with Gasteiger partial charge in [-0.05, 0) is 68.5 Å². The van der Waals surface area contributed by atoms with Gasteiger partial charge in [-0.1, -0.05) is 18.2 Å². The third kappa shape index (κ3) is 6.33. The molecule has 1 fully saturated rings. The highest BCUT2D eigenvalue weighted by Gasteiger charge is 2.30. The van der Waals surface area contributed by atoms with Crippen LogP contribution in [0.4, 0.5) is 30.6 Å². The fraction of sp³-hybridized carbons (Fsp3) is 0.357. The molecule has 0 radical (unpaired) electrons. The van der Waals surface area contributed by atoms with Crippen LogP contribution < -0.4 is 16.0 Å². The number of nitrogens with one attached hydrogen (secondary N) is 3. The lowest BCUT2D eigenvalue weighted by atomic mass is 9.93. The van der Waals surface area contributed by atoms with Crippen molar-refractivity contribution in [3.05, 3.63) is 71.5 Å².